The maximum absolute atomic E-state index is 4.68. The van der Waals surface area contributed by atoms with Gasteiger partial charge < -0.3 is 15.2 Å². The number of hydrogen-bond donors (Lipinski definition) is 2. The Hall–Kier alpha value is -1.16. The third-order valence-electron chi connectivity index (χ3n) is 4.95. The van der Waals surface area contributed by atoms with Crippen LogP contribution in [0, 0.1) is 6.92 Å². The zero-order valence-corrected chi connectivity index (χ0v) is 17.7. The maximum atomic E-state index is 4.68. The molecule has 1 aliphatic heterocycles. The molecule has 0 radical (unpaired) electrons. The van der Waals surface area contributed by atoms with E-state index in [9.17, 15) is 0 Å². The summed E-state index contributed by atoms with van der Waals surface area (Å²) in [5.41, 5.74) is 0. The summed E-state index contributed by atoms with van der Waals surface area (Å²) in [5.74, 6) is 2.59. The van der Waals surface area contributed by atoms with Gasteiger partial charge in [-0.15, -0.1) is 40.8 Å². The Morgan fingerprint density at radius 2 is 2.16 bits per heavy atom. The van der Waals surface area contributed by atoms with E-state index in [1.54, 1.807) is 0 Å². The van der Waals surface area contributed by atoms with Gasteiger partial charge in [-0.25, -0.2) is 4.99 Å². The smallest absolute Gasteiger partial charge is 0.192 e. The van der Waals surface area contributed by atoms with Crippen LogP contribution < -0.4 is 10.6 Å². The van der Waals surface area contributed by atoms with Crippen LogP contribution >= 0.6 is 24.0 Å². The van der Waals surface area contributed by atoms with Crippen molar-refractivity contribution in [3.05, 3.63) is 24.3 Å². The molecule has 25 heavy (non-hydrogen) atoms. The number of guanidine groups is 1. The lowest BCUT2D eigenvalue weighted by Gasteiger charge is -2.20. The molecule has 3 rings (SSSR count). The number of nitrogens with one attached hydrogen (secondary N) is 2. The molecule has 0 aromatic carbocycles. The van der Waals surface area contributed by atoms with Gasteiger partial charge in [0.15, 0.2) is 11.8 Å². The molecule has 1 aliphatic carbocycles. The summed E-state index contributed by atoms with van der Waals surface area (Å²) in [4.78, 5) is 7.32. The van der Waals surface area contributed by atoms with E-state index in [4.69, 9.17) is 0 Å². The molecule has 2 N–H and O–H groups in total. The summed E-state index contributed by atoms with van der Waals surface area (Å²) in [6.07, 6.45) is 5.72. The lowest BCUT2D eigenvalue weighted by atomic mass is 10.2. The van der Waals surface area contributed by atoms with E-state index in [2.05, 4.69) is 44.2 Å². The minimum Gasteiger partial charge on any atom is -0.353 e. The molecule has 1 saturated heterocycles. The molecule has 1 aromatic heterocycles. The molecule has 2 heterocycles. The molecular weight excluding hydrogens is 429 g/mol. The standard InChI is InChI=1S/C17H29N7.HI/c1-5-8-18-17(19-10-16-22-21-13(3)23(16)4)20-14-9-12(2)24(11-14)15-6-7-15;/h5,12,14-15H,1,6-11H2,2-4H3,(H2,18,19,20);1H. The predicted molar refractivity (Wildman–Crippen MR) is 111 cm³/mol. The summed E-state index contributed by atoms with van der Waals surface area (Å²) in [6, 6.07) is 1.91. The fourth-order valence-electron chi connectivity index (χ4n) is 3.33. The third kappa shape index (κ3) is 5.16. The SMILES string of the molecule is C=CCNC(=NCc1nnc(C)n1C)NC1CC(C)N(C2CC2)C1.I. The molecule has 2 unspecified atom stereocenters. The van der Waals surface area contributed by atoms with Crippen molar-refractivity contribution in [2.24, 2.45) is 12.0 Å². The van der Waals surface area contributed by atoms with Gasteiger partial charge in [-0.05, 0) is 33.1 Å². The van der Waals surface area contributed by atoms with Crippen LogP contribution in [0.3, 0.4) is 0 Å². The molecule has 0 spiro atoms. The number of nitrogens with zero attached hydrogens (tertiary/aromatic N) is 5. The fourth-order valence-corrected chi connectivity index (χ4v) is 3.33. The monoisotopic (exact) mass is 459 g/mol. The predicted octanol–water partition coefficient (Wildman–Crippen LogP) is 1.59. The molecule has 7 nitrogen and oxygen atoms in total. The number of rotatable bonds is 6. The Kier molecular flexibility index (Phi) is 7.24. The quantitative estimate of drug-likeness (QED) is 0.293. The summed E-state index contributed by atoms with van der Waals surface area (Å²) < 4.78 is 1.97. The minimum atomic E-state index is 0. The molecule has 140 valence electrons. The summed E-state index contributed by atoms with van der Waals surface area (Å²) in [7, 11) is 1.97. The summed E-state index contributed by atoms with van der Waals surface area (Å²) in [6.45, 7) is 10.4. The first-order valence-corrected chi connectivity index (χ1v) is 8.84. The van der Waals surface area contributed by atoms with Crippen molar-refractivity contribution in [3.8, 4) is 0 Å². The van der Waals surface area contributed by atoms with E-state index >= 15 is 0 Å². The van der Waals surface area contributed by atoms with Crippen molar-refractivity contribution in [1.82, 2.24) is 30.3 Å². The second-order valence-corrected chi connectivity index (χ2v) is 6.91. The number of hydrogen-bond acceptors (Lipinski definition) is 4. The molecular formula is C17H30IN7. The van der Waals surface area contributed by atoms with Gasteiger partial charge in [-0.3, -0.25) is 4.90 Å². The molecule has 1 aromatic rings. The lowest BCUT2D eigenvalue weighted by molar-refractivity contribution is 0.256. The highest BCUT2D eigenvalue weighted by molar-refractivity contribution is 14.0. The molecule has 2 fully saturated rings. The number of aliphatic imine (C=N–C) groups is 1. The number of aryl methyl sites for hydroxylation is 1. The normalized spacial score (nSPS) is 24.0. The second kappa shape index (κ2) is 8.98. The van der Waals surface area contributed by atoms with Crippen molar-refractivity contribution in [1.29, 1.82) is 0 Å². The van der Waals surface area contributed by atoms with Gasteiger partial charge in [0, 0.05) is 38.3 Å². The molecule has 0 amide bonds. The molecule has 0 bridgehead atoms. The zero-order chi connectivity index (χ0) is 17.1. The van der Waals surface area contributed by atoms with Crippen molar-refractivity contribution in [2.45, 2.75) is 57.8 Å². The van der Waals surface area contributed by atoms with Crippen molar-refractivity contribution in [2.75, 3.05) is 13.1 Å². The summed E-state index contributed by atoms with van der Waals surface area (Å²) in [5, 5.41) is 15.2. The van der Waals surface area contributed by atoms with E-state index in [0.717, 1.165) is 36.6 Å². The van der Waals surface area contributed by atoms with Crippen LogP contribution in [0.15, 0.2) is 17.6 Å². The Morgan fingerprint density at radius 3 is 2.76 bits per heavy atom. The van der Waals surface area contributed by atoms with E-state index in [1.807, 2.05) is 24.6 Å². The van der Waals surface area contributed by atoms with Gasteiger partial charge in [0.05, 0.1) is 0 Å². The maximum Gasteiger partial charge on any atom is 0.192 e. The van der Waals surface area contributed by atoms with Crippen LogP contribution in [0.2, 0.25) is 0 Å². The van der Waals surface area contributed by atoms with Crippen LogP contribution in [0.5, 0.6) is 0 Å². The topological polar surface area (TPSA) is 70.4 Å². The van der Waals surface area contributed by atoms with Gasteiger partial charge in [0.25, 0.3) is 0 Å². The average Bonchev–Trinajstić information content (AvgIpc) is 3.27. The third-order valence-corrected chi connectivity index (χ3v) is 4.95. The number of likely N-dealkylation sites (tertiary alicyclic amines) is 1. The van der Waals surface area contributed by atoms with E-state index in [1.165, 1.54) is 12.8 Å². The first-order valence-electron chi connectivity index (χ1n) is 8.84. The fraction of sp³-hybridized carbons (Fsp3) is 0.706. The van der Waals surface area contributed by atoms with E-state index in [0.29, 0.717) is 25.2 Å². The Bertz CT molecular complexity index is 608. The first-order chi connectivity index (χ1) is 11.6. The van der Waals surface area contributed by atoms with E-state index < -0.39 is 0 Å². The molecule has 2 atom stereocenters. The van der Waals surface area contributed by atoms with Crippen LogP contribution in [0.1, 0.15) is 37.8 Å². The Morgan fingerprint density at radius 1 is 1.40 bits per heavy atom. The molecule has 8 heteroatoms. The van der Waals surface area contributed by atoms with Crippen molar-refractivity contribution < 1.29 is 0 Å². The van der Waals surface area contributed by atoms with Crippen LogP contribution in [0.4, 0.5) is 0 Å². The van der Waals surface area contributed by atoms with Crippen LogP contribution in [-0.4, -0.2) is 56.8 Å². The molecule has 2 aliphatic rings. The van der Waals surface area contributed by atoms with Gasteiger partial charge >= 0.3 is 0 Å². The van der Waals surface area contributed by atoms with E-state index in [-0.39, 0.29) is 24.0 Å². The van der Waals surface area contributed by atoms with Gasteiger partial charge in [-0.1, -0.05) is 6.08 Å². The van der Waals surface area contributed by atoms with Gasteiger partial charge in [0.1, 0.15) is 12.4 Å². The number of halogens is 1. The van der Waals surface area contributed by atoms with Crippen LogP contribution in [0.25, 0.3) is 0 Å². The van der Waals surface area contributed by atoms with Crippen molar-refractivity contribution in [3.63, 3.8) is 0 Å². The Balaban J connectivity index is 0.00000225. The largest absolute Gasteiger partial charge is 0.353 e. The van der Waals surface area contributed by atoms with Gasteiger partial charge in [-0.2, -0.15) is 0 Å². The first kappa shape index (κ1) is 20.2. The Labute approximate surface area is 167 Å². The zero-order valence-electron chi connectivity index (χ0n) is 15.4. The highest BCUT2D eigenvalue weighted by Crippen LogP contribution is 2.33. The van der Waals surface area contributed by atoms with Crippen LogP contribution in [-0.2, 0) is 13.6 Å². The second-order valence-electron chi connectivity index (χ2n) is 6.91. The minimum absolute atomic E-state index is 0. The molecule has 1 saturated carbocycles. The van der Waals surface area contributed by atoms with Gasteiger partial charge in [0.2, 0.25) is 0 Å². The van der Waals surface area contributed by atoms with Crippen molar-refractivity contribution >= 4 is 29.9 Å². The highest BCUT2D eigenvalue weighted by atomic mass is 127. The number of aromatic nitrogens is 3. The average molecular weight is 459 g/mol. The lowest BCUT2D eigenvalue weighted by Crippen LogP contribution is -2.44. The highest BCUT2D eigenvalue weighted by Gasteiger charge is 2.38. The summed E-state index contributed by atoms with van der Waals surface area (Å²) >= 11 is 0.